The second-order valence-corrected chi connectivity index (χ2v) is 5.15. The molecule has 0 bridgehead atoms. The highest BCUT2D eigenvalue weighted by Crippen LogP contribution is 2.35. The molecular weight excluding hydrogens is 218 g/mol. The molecule has 3 rings (SSSR count). The van der Waals surface area contributed by atoms with E-state index in [2.05, 4.69) is 66.5 Å². The van der Waals surface area contributed by atoms with Crippen molar-refractivity contribution < 1.29 is 0 Å². The molecule has 1 aliphatic rings. The highest BCUT2D eigenvalue weighted by atomic mass is 15.1. The molecule has 0 heterocycles. The van der Waals surface area contributed by atoms with Crippen LogP contribution in [0.5, 0.6) is 0 Å². The van der Waals surface area contributed by atoms with E-state index in [1.165, 1.54) is 29.5 Å². The summed E-state index contributed by atoms with van der Waals surface area (Å²) >= 11 is 0. The Hall–Kier alpha value is -1.60. The maximum Gasteiger partial charge on any atom is 0.0354 e. The van der Waals surface area contributed by atoms with Gasteiger partial charge in [-0.3, -0.25) is 4.90 Å². The van der Waals surface area contributed by atoms with E-state index in [1.54, 1.807) is 0 Å². The van der Waals surface area contributed by atoms with Gasteiger partial charge < -0.3 is 0 Å². The van der Waals surface area contributed by atoms with Crippen molar-refractivity contribution in [3.8, 4) is 0 Å². The first-order valence-corrected chi connectivity index (χ1v) is 6.66. The summed E-state index contributed by atoms with van der Waals surface area (Å²) in [6.45, 7) is 1.03. The van der Waals surface area contributed by atoms with Crippen LogP contribution >= 0.6 is 0 Å². The predicted octanol–water partition coefficient (Wildman–Crippen LogP) is 3.81. The minimum absolute atomic E-state index is 0.585. The molecule has 2 aromatic rings. The molecule has 18 heavy (non-hydrogen) atoms. The van der Waals surface area contributed by atoms with Crippen molar-refractivity contribution >= 4 is 0 Å². The van der Waals surface area contributed by atoms with E-state index in [1.807, 2.05) is 0 Å². The van der Waals surface area contributed by atoms with E-state index in [4.69, 9.17) is 0 Å². The molecule has 1 nitrogen and oxygen atoms in total. The third-order valence-electron chi connectivity index (χ3n) is 3.91. The molecule has 0 unspecified atom stereocenters. The van der Waals surface area contributed by atoms with Crippen molar-refractivity contribution in [1.82, 2.24) is 4.90 Å². The van der Waals surface area contributed by atoms with Crippen LogP contribution in [0.25, 0.3) is 0 Å². The zero-order chi connectivity index (χ0) is 12.4. The molecular formula is C17H19N. The van der Waals surface area contributed by atoms with Gasteiger partial charge in [-0.05, 0) is 36.6 Å². The van der Waals surface area contributed by atoms with Crippen LogP contribution in [0.4, 0.5) is 0 Å². The van der Waals surface area contributed by atoms with Gasteiger partial charge in [0.05, 0.1) is 0 Å². The van der Waals surface area contributed by atoms with Crippen LogP contribution in [0.3, 0.4) is 0 Å². The van der Waals surface area contributed by atoms with Crippen LogP contribution < -0.4 is 0 Å². The molecule has 0 saturated carbocycles. The highest BCUT2D eigenvalue weighted by molar-refractivity contribution is 5.34. The lowest BCUT2D eigenvalue weighted by Crippen LogP contribution is -2.22. The Labute approximate surface area is 109 Å². The second-order valence-electron chi connectivity index (χ2n) is 5.15. The molecule has 0 aliphatic heterocycles. The lowest BCUT2D eigenvalue weighted by molar-refractivity contribution is 0.236. The van der Waals surface area contributed by atoms with Gasteiger partial charge in [0.25, 0.3) is 0 Å². The number of benzene rings is 2. The van der Waals surface area contributed by atoms with Gasteiger partial charge in [0.2, 0.25) is 0 Å². The summed E-state index contributed by atoms with van der Waals surface area (Å²) in [7, 11) is 2.24. The van der Waals surface area contributed by atoms with Crippen molar-refractivity contribution in [2.45, 2.75) is 25.4 Å². The first-order valence-electron chi connectivity index (χ1n) is 6.66. The molecule has 0 spiro atoms. The predicted molar refractivity (Wildman–Crippen MR) is 75.4 cm³/mol. The van der Waals surface area contributed by atoms with Crippen molar-refractivity contribution in [3.63, 3.8) is 0 Å². The summed E-state index contributed by atoms with van der Waals surface area (Å²) in [6, 6.07) is 20.2. The SMILES string of the molecule is CN(Cc1ccccc1)[C@H]1CCc2ccccc21. The fraction of sp³-hybridized carbons (Fsp3) is 0.294. The molecule has 92 valence electrons. The van der Waals surface area contributed by atoms with Crippen LogP contribution in [0.1, 0.15) is 29.2 Å². The number of nitrogens with zero attached hydrogens (tertiary/aromatic N) is 1. The van der Waals surface area contributed by atoms with E-state index in [9.17, 15) is 0 Å². The van der Waals surface area contributed by atoms with Crippen molar-refractivity contribution in [2.24, 2.45) is 0 Å². The van der Waals surface area contributed by atoms with E-state index >= 15 is 0 Å². The van der Waals surface area contributed by atoms with Gasteiger partial charge >= 0.3 is 0 Å². The molecule has 0 radical (unpaired) electrons. The smallest absolute Gasteiger partial charge is 0.0354 e. The maximum absolute atomic E-state index is 2.47. The first-order chi connectivity index (χ1) is 8.84. The summed E-state index contributed by atoms with van der Waals surface area (Å²) < 4.78 is 0. The average Bonchev–Trinajstić information content (AvgIpc) is 2.84. The van der Waals surface area contributed by atoms with Crippen LogP contribution in [-0.2, 0) is 13.0 Å². The van der Waals surface area contributed by atoms with Crippen LogP contribution in [0.2, 0.25) is 0 Å². The van der Waals surface area contributed by atoms with Gasteiger partial charge in [-0.15, -0.1) is 0 Å². The summed E-state index contributed by atoms with van der Waals surface area (Å²) in [6.07, 6.45) is 2.47. The van der Waals surface area contributed by atoms with Crippen LogP contribution in [0.15, 0.2) is 54.6 Å². The van der Waals surface area contributed by atoms with Crippen LogP contribution in [-0.4, -0.2) is 11.9 Å². The third-order valence-corrected chi connectivity index (χ3v) is 3.91. The Morgan fingerprint density at radius 2 is 1.72 bits per heavy atom. The minimum Gasteiger partial charge on any atom is -0.295 e. The number of hydrogen-bond donors (Lipinski definition) is 0. The van der Waals surface area contributed by atoms with Gasteiger partial charge in [-0.1, -0.05) is 54.6 Å². The number of rotatable bonds is 3. The van der Waals surface area contributed by atoms with Crippen LogP contribution in [0, 0.1) is 0 Å². The first kappa shape index (κ1) is 11.5. The number of fused-ring (bicyclic) bond motifs is 1. The Balaban J connectivity index is 1.77. The average molecular weight is 237 g/mol. The standard InChI is InChI=1S/C17H19N/c1-18(13-14-7-3-2-4-8-14)17-12-11-15-9-5-6-10-16(15)17/h2-10,17H,11-13H2,1H3/t17-/m0/s1. The van der Waals surface area contributed by atoms with E-state index in [-0.39, 0.29) is 0 Å². The second kappa shape index (κ2) is 4.95. The summed E-state index contributed by atoms with van der Waals surface area (Å²) in [4.78, 5) is 2.47. The summed E-state index contributed by atoms with van der Waals surface area (Å²) in [5.41, 5.74) is 4.45. The molecule has 0 fully saturated rings. The van der Waals surface area contributed by atoms with Crippen molar-refractivity contribution in [1.29, 1.82) is 0 Å². The number of aryl methyl sites for hydroxylation is 1. The van der Waals surface area contributed by atoms with Gasteiger partial charge in [0, 0.05) is 12.6 Å². The molecule has 2 aromatic carbocycles. The normalized spacial score (nSPS) is 18.0. The fourth-order valence-corrected chi connectivity index (χ4v) is 2.97. The number of hydrogen-bond acceptors (Lipinski definition) is 1. The van der Waals surface area contributed by atoms with Gasteiger partial charge in [-0.25, -0.2) is 0 Å². The Kier molecular flexibility index (Phi) is 3.16. The largest absolute Gasteiger partial charge is 0.295 e. The zero-order valence-electron chi connectivity index (χ0n) is 10.8. The molecule has 1 atom stereocenters. The molecule has 0 N–H and O–H groups in total. The lowest BCUT2D eigenvalue weighted by Gasteiger charge is -2.25. The van der Waals surface area contributed by atoms with E-state index in [0.29, 0.717) is 6.04 Å². The lowest BCUT2D eigenvalue weighted by atomic mass is 10.1. The van der Waals surface area contributed by atoms with Crippen molar-refractivity contribution in [3.05, 3.63) is 71.3 Å². The van der Waals surface area contributed by atoms with E-state index < -0.39 is 0 Å². The Bertz CT molecular complexity index is 518. The minimum atomic E-state index is 0.585. The van der Waals surface area contributed by atoms with Gasteiger partial charge in [0.15, 0.2) is 0 Å². The molecule has 0 amide bonds. The van der Waals surface area contributed by atoms with E-state index in [0.717, 1.165) is 6.54 Å². The fourth-order valence-electron chi connectivity index (χ4n) is 2.97. The zero-order valence-corrected chi connectivity index (χ0v) is 10.8. The highest BCUT2D eigenvalue weighted by Gasteiger charge is 2.25. The molecule has 1 aliphatic carbocycles. The molecule has 0 saturated heterocycles. The Morgan fingerprint density at radius 3 is 2.56 bits per heavy atom. The maximum atomic E-state index is 2.47. The summed E-state index contributed by atoms with van der Waals surface area (Å²) in [5, 5.41) is 0. The quantitative estimate of drug-likeness (QED) is 0.784. The monoisotopic (exact) mass is 237 g/mol. The topological polar surface area (TPSA) is 3.24 Å². The molecule has 0 aromatic heterocycles. The Morgan fingerprint density at radius 1 is 1.00 bits per heavy atom. The van der Waals surface area contributed by atoms with Gasteiger partial charge in [0.1, 0.15) is 0 Å². The van der Waals surface area contributed by atoms with Gasteiger partial charge in [-0.2, -0.15) is 0 Å². The molecule has 1 heteroatoms. The summed E-state index contributed by atoms with van der Waals surface area (Å²) in [5.74, 6) is 0. The van der Waals surface area contributed by atoms with Crippen molar-refractivity contribution in [2.75, 3.05) is 7.05 Å². The third kappa shape index (κ3) is 2.19.